The molecule has 0 aliphatic carbocycles. The number of hydrogen-bond acceptors (Lipinski definition) is 4. The highest BCUT2D eigenvalue weighted by molar-refractivity contribution is 7.17. The topological polar surface area (TPSA) is 38.7 Å². The van der Waals surface area contributed by atoms with E-state index in [1.807, 2.05) is 0 Å². The van der Waals surface area contributed by atoms with Gasteiger partial charge in [0.15, 0.2) is 5.06 Å². The van der Waals surface area contributed by atoms with Crippen molar-refractivity contribution < 1.29 is 9.53 Å². The largest absolute Gasteiger partial charge is 0.487 e. The summed E-state index contributed by atoms with van der Waals surface area (Å²) < 4.78 is 4.87. The first kappa shape index (κ1) is 6.99. The summed E-state index contributed by atoms with van der Waals surface area (Å²) in [7, 11) is 1.57. The fourth-order valence-corrected chi connectivity index (χ4v) is 1.17. The Bertz CT molecular complexity index is 262. The molecule has 0 saturated heterocycles. The summed E-state index contributed by atoms with van der Waals surface area (Å²) in [5.41, 5.74) is 0. The quantitative estimate of drug-likeness (QED) is 0.481. The molecular formula is C6H5NO2S. The summed E-state index contributed by atoms with van der Waals surface area (Å²) in [5.74, 6) is 0. The van der Waals surface area contributed by atoms with Gasteiger partial charge in [-0.3, -0.25) is 0 Å². The number of isocyanates is 1. The van der Waals surface area contributed by atoms with Gasteiger partial charge in [-0.05, 0) is 12.1 Å². The van der Waals surface area contributed by atoms with Crippen LogP contribution in [-0.4, -0.2) is 13.2 Å². The lowest BCUT2D eigenvalue weighted by atomic mass is 10.6. The number of rotatable bonds is 2. The molecule has 0 aliphatic heterocycles. The van der Waals surface area contributed by atoms with Gasteiger partial charge in [-0.1, -0.05) is 11.3 Å². The van der Waals surface area contributed by atoms with E-state index in [0.29, 0.717) is 5.00 Å². The fourth-order valence-electron chi connectivity index (χ4n) is 0.525. The van der Waals surface area contributed by atoms with Crippen molar-refractivity contribution in [2.75, 3.05) is 7.11 Å². The third-order valence-electron chi connectivity index (χ3n) is 0.924. The van der Waals surface area contributed by atoms with Crippen LogP contribution in [0.2, 0.25) is 0 Å². The number of hydrogen-bond donors (Lipinski definition) is 0. The highest BCUT2D eigenvalue weighted by atomic mass is 32.1. The first-order valence-corrected chi connectivity index (χ1v) is 3.40. The molecule has 0 N–H and O–H groups in total. The molecule has 1 aromatic rings. The van der Waals surface area contributed by atoms with E-state index < -0.39 is 0 Å². The molecule has 0 atom stereocenters. The molecular weight excluding hydrogens is 150 g/mol. The normalized spacial score (nSPS) is 8.50. The van der Waals surface area contributed by atoms with E-state index >= 15 is 0 Å². The summed E-state index contributed by atoms with van der Waals surface area (Å²) in [4.78, 5) is 13.2. The van der Waals surface area contributed by atoms with Gasteiger partial charge in [-0.25, -0.2) is 4.79 Å². The van der Waals surface area contributed by atoms with Gasteiger partial charge < -0.3 is 4.74 Å². The van der Waals surface area contributed by atoms with Crippen molar-refractivity contribution in [1.82, 2.24) is 0 Å². The third-order valence-corrected chi connectivity index (χ3v) is 1.86. The average Bonchev–Trinajstić information content (AvgIpc) is 2.37. The second-order valence-corrected chi connectivity index (χ2v) is 2.52. The van der Waals surface area contributed by atoms with Crippen molar-refractivity contribution in [1.29, 1.82) is 0 Å². The van der Waals surface area contributed by atoms with Crippen LogP contribution in [0.15, 0.2) is 17.1 Å². The molecule has 1 rings (SSSR count). The molecule has 0 bridgehead atoms. The lowest BCUT2D eigenvalue weighted by Gasteiger charge is -1.86. The molecule has 52 valence electrons. The molecule has 0 amide bonds. The molecule has 0 aromatic carbocycles. The van der Waals surface area contributed by atoms with E-state index in [0.717, 1.165) is 5.06 Å². The molecule has 10 heavy (non-hydrogen) atoms. The Kier molecular flexibility index (Phi) is 2.20. The summed E-state index contributed by atoms with van der Waals surface area (Å²) in [6, 6.07) is 3.45. The highest BCUT2D eigenvalue weighted by Crippen LogP contribution is 2.29. The molecule has 1 aromatic heterocycles. The average molecular weight is 155 g/mol. The minimum absolute atomic E-state index is 0.617. The van der Waals surface area contributed by atoms with Crippen LogP contribution >= 0.6 is 11.3 Å². The third kappa shape index (κ3) is 1.43. The van der Waals surface area contributed by atoms with E-state index in [-0.39, 0.29) is 0 Å². The molecule has 0 saturated carbocycles. The summed E-state index contributed by atoms with van der Waals surface area (Å²) in [6.07, 6.45) is 1.45. The second kappa shape index (κ2) is 3.15. The molecule has 3 nitrogen and oxygen atoms in total. The minimum Gasteiger partial charge on any atom is -0.487 e. The standard InChI is InChI=1S/C6H5NO2S/c1-9-6-3-2-5(10-6)7-4-8/h2-3H,1H3. The first-order chi connectivity index (χ1) is 4.86. The number of carbonyl (C=O) groups excluding carboxylic acids is 1. The molecule has 0 spiro atoms. The van der Waals surface area contributed by atoms with Crippen LogP contribution in [0.5, 0.6) is 5.06 Å². The van der Waals surface area contributed by atoms with E-state index in [2.05, 4.69) is 4.99 Å². The Hall–Kier alpha value is -1.12. The van der Waals surface area contributed by atoms with Crippen molar-refractivity contribution >= 4 is 22.4 Å². The molecule has 4 heteroatoms. The van der Waals surface area contributed by atoms with E-state index in [1.165, 1.54) is 17.4 Å². The Labute approximate surface area is 62.0 Å². The van der Waals surface area contributed by atoms with E-state index in [1.54, 1.807) is 19.2 Å². The maximum Gasteiger partial charge on any atom is 0.241 e. The molecule has 0 aliphatic rings. The molecule has 0 unspecified atom stereocenters. The van der Waals surface area contributed by atoms with Gasteiger partial charge in [0.05, 0.1) is 7.11 Å². The first-order valence-electron chi connectivity index (χ1n) is 2.58. The molecule has 1 heterocycles. The maximum atomic E-state index is 9.75. The Morgan fingerprint density at radius 2 is 2.50 bits per heavy atom. The van der Waals surface area contributed by atoms with Gasteiger partial charge >= 0.3 is 0 Å². The Morgan fingerprint density at radius 1 is 1.70 bits per heavy atom. The zero-order valence-electron chi connectivity index (χ0n) is 5.33. The smallest absolute Gasteiger partial charge is 0.241 e. The van der Waals surface area contributed by atoms with Gasteiger partial charge in [0, 0.05) is 0 Å². The second-order valence-electron chi connectivity index (χ2n) is 1.50. The maximum absolute atomic E-state index is 9.75. The number of thiophene rings is 1. The number of methoxy groups -OCH3 is 1. The van der Waals surface area contributed by atoms with Crippen molar-refractivity contribution in [3.05, 3.63) is 12.1 Å². The van der Waals surface area contributed by atoms with Crippen LogP contribution in [-0.2, 0) is 4.79 Å². The van der Waals surface area contributed by atoms with Crippen LogP contribution in [0.25, 0.3) is 0 Å². The predicted molar refractivity (Wildman–Crippen MR) is 38.7 cm³/mol. The van der Waals surface area contributed by atoms with Crippen molar-refractivity contribution in [2.45, 2.75) is 0 Å². The number of ether oxygens (including phenoxy) is 1. The zero-order chi connectivity index (χ0) is 7.40. The SMILES string of the molecule is COc1ccc(N=C=O)s1. The Balaban J connectivity index is 2.87. The highest BCUT2D eigenvalue weighted by Gasteiger charge is 1.95. The van der Waals surface area contributed by atoms with E-state index in [9.17, 15) is 4.79 Å². The van der Waals surface area contributed by atoms with Gasteiger partial charge in [0.25, 0.3) is 0 Å². The van der Waals surface area contributed by atoms with Crippen LogP contribution in [0.3, 0.4) is 0 Å². The zero-order valence-corrected chi connectivity index (χ0v) is 6.14. The van der Waals surface area contributed by atoms with Gasteiger partial charge in [-0.15, -0.1) is 0 Å². The van der Waals surface area contributed by atoms with Crippen LogP contribution < -0.4 is 4.74 Å². The van der Waals surface area contributed by atoms with Crippen LogP contribution in [0.1, 0.15) is 0 Å². The lowest BCUT2D eigenvalue weighted by molar-refractivity contribution is 0.427. The van der Waals surface area contributed by atoms with E-state index in [4.69, 9.17) is 4.74 Å². The summed E-state index contributed by atoms with van der Waals surface area (Å²) in [5, 5.41) is 1.36. The van der Waals surface area contributed by atoms with Crippen molar-refractivity contribution in [2.24, 2.45) is 4.99 Å². The summed E-state index contributed by atoms with van der Waals surface area (Å²) in [6.45, 7) is 0. The monoisotopic (exact) mass is 155 g/mol. The lowest BCUT2D eigenvalue weighted by Crippen LogP contribution is -1.73. The van der Waals surface area contributed by atoms with Gasteiger partial charge in [0.2, 0.25) is 6.08 Å². The number of nitrogens with zero attached hydrogens (tertiary/aromatic N) is 1. The fraction of sp³-hybridized carbons (Fsp3) is 0.167. The van der Waals surface area contributed by atoms with Crippen LogP contribution in [0, 0.1) is 0 Å². The van der Waals surface area contributed by atoms with Crippen molar-refractivity contribution in [3.63, 3.8) is 0 Å². The van der Waals surface area contributed by atoms with Crippen LogP contribution in [0.4, 0.5) is 5.00 Å². The predicted octanol–water partition coefficient (Wildman–Crippen LogP) is 1.72. The van der Waals surface area contributed by atoms with Gasteiger partial charge in [-0.2, -0.15) is 4.99 Å². The van der Waals surface area contributed by atoms with Crippen molar-refractivity contribution in [3.8, 4) is 5.06 Å². The number of aliphatic imine (C=N–C) groups is 1. The molecule has 0 fully saturated rings. The van der Waals surface area contributed by atoms with Gasteiger partial charge in [0.1, 0.15) is 5.00 Å². The molecule has 0 radical (unpaired) electrons. The Morgan fingerprint density at radius 3 is 3.00 bits per heavy atom. The minimum atomic E-state index is 0.617. The summed E-state index contributed by atoms with van der Waals surface area (Å²) >= 11 is 1.31.